The van der Waals surface area contributed by atoms with E-state index in [0.29, 0.717) is 0 Å². The Balaban J connectivity index is 1.65. The molecule has 3 N–H and O–H groups in total. The number of aromatic amines is 2. The highest BCUT2D eigenvalue weighted by molar-refractivity contribution is 5.97. The second kappa shape index (κ2) is 8.64. The Morgan fingerprint density at radius 3 is 2.82 bits per heavy atom. The monoisotopic (exact) mass is 439 g/mol. The minimum Gasteiger partial charge on any atom is -0.352 e. The molecule has 1 aliphatic heterocycles. The van der Waals surface area contributed by atoms with Crippen molar-refractivity contribution in [3.63, 3.8) is 0 Å². The number of aryl methyl sites for hydroxylation is 1. The Labute approximate surface area is 191 Å². The predicted molar refractivity (Wildman–Crippen MR) is 132 cm³/mol. The number of allylic oxidation sites excluding steroid dienone is 1. The molecule has 0 fully saturated rings. The number of H-pyrrole nitrogens is 2. The van der Waals surface area contributed by atoms with Crippen LogP contribution in [0.1, 0.15) is 18.9 Å². The van der Waals surface area contributed by atoms with Crippen LogP contribution < -0.4 is 15.9 Å². The number of aromatic nitrogens is 4. The second-order valence-electron chi connectivity index (χ2n) is 8.39. The van der Waals surface area contributed by atoms with Gasteiger partial charge in [-0.2, -0.15) is 5.10 Å². The summed E-state index contributed by atoms with van der Waals surface area (Å²) in [5.74, 6) is -0.254. The first-order valence-corrected chi connectivity index (χ1v) is 11.1. The summed E-state index contributed by atoms with van der Waals surface area (Å²) in [6, 6.07) is 7.11. The molecule has 0 amide bonds. The molecule has 166 valence electrons. The summed E-state index contributed by atoms with van der Waals surface area (Å²) in [6.45, 7) is 10.0. The number of rotatable bonds is 4. The van der Waals surface area contributed by atoms with Crippen molar-refractivity contribution in [2.75, 3.05) is 13.1 Å². The summed E-state index contributed by atoms with van der Waals surface area (Å²) >= 11 is 0. The summed E-state index contributed by atoms with van der Waals surface area (Å²) in [4.78, 5) is 7.84. The van der Waals surface area contributed by atoms with Gasteiger partial charge in [0.25, 0.3) is 0 Å². The number of halogens is 1. The quantitative estimate of drug-likeness (QED) is 0.448. The van der Waals surface area contributed by atoms with E-state index in [4.69, 9.17) is 0 Å². The molecule has 0 radical (unpaired) electrons. The van der Waals surface area contributed by atoms with E-state index in [0.717, 1.165) is 74.6 Å². The number of pyridine rings is 1. The van der Waals surface area contributed by atoms with Crippen LogP contribution in [0.15, 0.2) is 60.5 Å². The molecule has 0 aliphatic carbocycles. The highest BCUT2D eigenvalue weighted by Gasteiger charge is 2.14. The number of fused-ring (bicyclic) bond motifs is 1. The van der Waals surface area contributed by atoms with Crippen molar-refractivity contribution in [2.24, 2.45) is 0 Å². The van der Waals surface area contributed by atoms with Crippen molar-refractivity contribution in [1.29, 1.82) is 0 Å². The predicted octanol–water partition coefficient (Wildman–Crippen LogP) is 4.12. The third kappa shape index (κ3) is 4.05. The SMILES string of the molecule is C=C(/C=c1/c(-c2cc3c(-c4cc(C)cc(F)c4)cncc3[nH]2)n[nH]/c1=C/C)C1=CCNCC1. The lowest BCUT2D eigenvalue weighted by Crippen LogP contribution is -2.25. The van der Waals surface area contributed by atoms with Gasteiger partial charge in [-0.3, -0.25) is 10.1 Å². The Morgan fingerprint density at radius 1 is 1.18 bits per heavy atom. The standard InChI is InChI=1S/C27H26FN5/c1-4-24-22(11-17(3)18-5-7-29-8-6-18)27(33-32-24)25-13-21-23(14-30-15-26(21)31-25)19-9-16(2)10-20(28)12-19/h4-5,9-15,29,31-32H,3,6-8H2,1-2H3/b22-11+,24-4+. The topological polar surface area (TPSA) is 69.4 Å². The Bertz CT molecular complexity index is 1500. The van der Waals surface area contributed by atoms with E-state index in [-0.39, 0.29) is 5.82 Å². The molecule has 0 bridgehead atoms. The van der Waals surface area contributed by atoms with E-state index in [9.17, 15) is 4.39 Å². The van der Waals surface area contributed by atoms with Crippen molar-refractivity contribution in [3.05, 3.63) is 82.4 Å². The van der Waals surface area contributed by atoms with Crippen LogP contribution >= 0.6 is 0 Å². The van der Waals surface area contributed by atoms with E-state index >= 15 is 0 Å². The first-order valence-electron chi connectivity index (χ1n) is 11.1. The van der Waals surface area contributed by atoms with Gasteiger partial charge in [0.15, 0.2) is 0 Å². The van der Waals surface area contributed by atoms with Crippen molar-refractivity contribution in [1.82, 2.24) is 25.5 Å². The lowest BCUT2D eigenvalue weighted by atomic mass is 10.00. The van der Waals surface area contributed by atoms with E-state index in [1.165, 1.54) is 11.6 Å². The van der Waals surface area contributed by atoms with Crippen LogP contribution in [-0.2, 0) is 0 Å². The van der Waals surface area contributed by atoms with Crippen molar-refractivity contribution >= 4 is 23.1 Å². The highest BCUT2D eigenvalue weighted by atomic mass is 19.1. The fourth-order valence-corrected chi connectivity index (χ4v) is 4.42. The first-order chi connectivity index (χ1) is 16.0. The smallest absolute Gasteiger partial charge is 0.124 e. The maximum absolute atomic E-state index is 14.1. The van der Waals surface area contributed by atoms with E-state index < -0.39 is 0 Å². The number of benzene rings is 1. The van der Waals surface area contributed by atoms with Crippen LogP contribution in [0.5, 0.6) is 0 Å². The molecule has 6 heteroatoms. The summed E-state index contributed by atoms with van der Waals surface area (Å²) in [6.07, 6.45) is 10.8. The zero-order chi connectivity index (χ0) is 22.9. The fourth-order valence-electron chi connectivity index (χ4n) is 4.42. The molecule has 1 aliphatic rings. The van der Waals surface area contributed by atoms with Crippen molar-refractivity contribution in [3.8, 4) is 22.5 Å². The molecular formula is C27H26FN5. The molecule has 3 aromatic heterocycles. The van der Waals surface area contributed by atoms with Gasteiger partial charge in [-0.05, 0) is 73.4 Å². The van der Waals surface area contributed by atoms with E-state index in [1.807, 2.05) is 26.0 Å². The molecule has 1 aromatic carbocycles. The average Bonchev–Trinajstić information content (AvgIpc) is 3.42. The zero-order valence-electron chi connectivity index (χ0n) is 18.8. The Kier molecular flexibility index (Phi) is 5.52. The molecule has 4 heterocycles. The van der Waals surface area contributed by atoms with Gasteiger partial charge in [-0.15, -0.1) is 0 Å². The fraction of sp³-hybridized carbons (Fsp3) is 0.185. The molecule has 5 rings (SSSR count). The molecule has 0 unspecified atom stereocenters. The van der Waals surface area contributed by atoms with Gasteiger partial charge >= 0.3 is 0 Å². The average molecular weight is 440 g/mol. The molecule has 33 heavy (non-hydrogen) atoms. The summed E-state index contributed by atoms with van der Waals surface area (Å²) in [7, 11) is 0. The maximum Gasteiger partial charge on any atom is 0.124 e. The van der Waals surface area contributed by atoms with Crippen LogP contribution in [-0.4, -0.2) is 33.3 Å². The molecule has 0 atom stereocenters. The molecular weight excluding hydrogens is 413 g/mol. The van der Waals surface area contributed by atoms with Crippen LogP contribution in [0.3, 0.4) is 0 Å². The molecule has 0 spiro atoms. The molecule has 0 saturated heterocycles. The molecule has 5 nitrogen and oxygen atoms in total. The molecule has 4 aromatic rings. The van der Waals surface area contributed by atoms with Gasteiger partial charge in [0, 0.05) is 28.9 Å². The minimum absolute atomic E-state index is 0.254. The van der Waals surface area contributed by atoms with E-state index in [2.05, 4.69) is 50.3 Å². The van der Waals surface area contributed by atoms with Gasteiger partial charge in [0.05, 0.1) is 22.8 Å². The van der Waals surface area contributed by atoms with Gasteiger partial charge in [-0.1, -0.05) is 24.8 Å². The summed E-state index contributed by atoms with van der Waals surface area (Å²) < 4.78 is 14.1. The highest BCUT2D eigenvalue weighted by Crippen LogP contribution is 2.31. The van der Waals surface area contributed by atoms with Crippen LogP contribution in [0, 0.1) is 12.7 Å². The first kappa shape index (κ1) is 21.1. The zero-order valence-corrected chi connectivity index (χ0v) is 18.8. The number of nitrogens with zero attached hydrogens (tertiary/aromatic N) is 2. The summed E-state index contributed by atoms with van der Waals surface area (Å²) in [5.41, 5.74) is 7.37. The lowest BCUT2D eigenvalue weighted by Gasteiger charge is -2.13. The largest absolute Gasteiger partial charge is 0.352 e. The van der Waals surface area contributed by atoms with E-state index in [1.54, 1.807) is 18.5 Å². The number of nitrogens with one attached hydrogen (secondary N) is 3. The minimum atomic E-state index is -0.254. The normalized spacial score (nSPS) is 15.3. The maximum atomic E-state index is 14.1. The summed E-state index contributed by atoms with van der Waals surface area (Å²) in [5, 5.41) is 14.0. The van der Waals surface area contributed by atoms with Crippen LogP contribution in [0.4, 0.5) is 4.39 Å². The van der Waals surface area contributed by atoms with Gasteiger partial charge in [0.1, 0.15) is 11.5 Å². The van der Waals surface area contributed by atoms with Crippen LogP contribution in [0.25, 0.3) is 45.6 Å². The second-order valence-corrected chi connectivity index (χ2v) is 8.39. The van der Waals surface area contributed by atoms with Gasteiger partial charge < -0.3 is 10.3 Å². The van der Waals surface area contributed by atoms with Crippen LogP contribution in [0.2, 0.25) is 0 Å². The third-order valence-corrected chi connectivity index (χ3v) is 6.07. The van der Waals surface area contributed by atoms with Gasteiger partial charge in [-0.25, -0.2) is 4.39 Å². The Morgan fingerprint density at radius 2 is 2.06 bits per heavy atom. The third-order valence-electron chi connectivity index (χ3n) is 6.07. The van der Waals surface area contributed by atoms with Crippen molar-refractivity contribution in [2.45, 2.75) is 20.3 Å². The number of hydrogen-bond donors (Lipinski definition) is 3. The number of hydrogen-bond acceptors (Lipinski definition) is 3. The van der Waals surface area contributed by atoms with Gasteiger partial charge in [0.2, 0.25) is 0 Å². The van der Waals surface area contributed by atoms with Crippen molar-refractivity contribution < 1.29 is 4.39 Å². The molecule has 0 saturated carbocycles. The Hall–Kier alpha value is -3.77. The lowest BCUT2D eigenvalue weighted by molar-refractivity contribution is 0.627.